The van der Waals surface area contributed by atoms with Gasteiger partial charge in [0.15, 0.2) is 0 Å². The molecule has 1 unspecified atom stereocenters. The Bertz CT molecular complexity index is 301. The molecule has 0 amide bonds. The summed E-state index contributed by atoms with van der Waals surface area (Å²) in [5.74, 6) is 0. The van der Waals surface area contributed by atoms with Crippen molar-refractivity contribution in [2.75, 3.05) is 6.54 Å². The van der Waals surface area contributed by atoms with Gasteiger partial charge in [-0.1, -0.05) is 12.8 Å². The predicted octanol–water partition coefficient (Wildman–Crippen LogP) is 2.49. The molecule has 0 aromatic carbocycles. The molecule has 1 atom stereocenters. The molecule has 1 aromatic rings. The minimum absolute atomic E-state index is 0.621. The summed E-state index contributed by atoms with van der Waals surface area (Å²) in [6, 6.07) is 3.61. The molecule has 3 rings (SSSR count). The number of hydrogen-bond donors (Lipinski definition) is 1. The van der Waals surface area contributed by atoms with Gasteiger partial charge in [0, 0.05) is 12.2 Å². The molecular formula is C12H19N3. The summed E-state index contributed by atoms with van der Waals surface area (Å²) in [7, 11) is 0. The van der Waals surface area contributed by atoms with Crippen molar-refractivity contribution < 1.29 is 0 Å². The fourth-order valence-electron chi connectivity index (χ4n) is 3.25. The quantitative estimate of drug-likeness (QED) is 0.804. The molecular weight excluding hydrogens is 186 g/mol. The van der Waals surface area contributed by atoms with E-state index in [-0.39, 0.29) is 0 Å². The number of likely N-dealkylation sites (tertiary alicyclic amines) is 1. The van der Waals surface area contributed by atoms with Gasteiger partial charge in [-0.2, -0.15) is 5.10 Å². The van der Waals surface area contributed by atoms with Crippen LogP contribution in [0.2, 0.25) is 0 Å². The van der Waals surface area contributed by atoms with Crippen molar-refractivity contribution in [1.29, 1.82) is 0 Å². The van der Waals surface area contributed by atoms with Gasteiger partial charge >= 0.3 is 0 Å². The van der Waals surface area contributed by atoms with Gasteiger partial charge in [-0.25, -0.2) is 0 Å². The Kier molecular flexibility index (Phi) is 2.49. The second-order valence-corrected chi connectivity index (χ2v) is 4.85. The smallest absolute Gasteiger partial charge is 0.0523 e. The zero-order chi connectivity index (χ0) is 10.1. The van der Waals surface area contributed by atoms with E-state index in [1.54, 1.807) is 0 Å². The van der Waals surface area contributed by atoms with E-state index in [1.807, 2.05) is 6.20 Å². The van der Waals surface area contributed by atoms with Crippen molar-refractivity contribution in [3.8, 4) is 0 Å². The first-order valence-corrected chi connectivity index (χ1v) is 6.20. The first kappa shape index (κ1) is 9.40. The molecule has 1 aliphatic heterocycles. The van der Waals surface area contributed by atoms with Crippen molar-refractivity contribution in [3.05, 3.63) is 18.0 Å². The van der Waals surface area contributed by atoms with Crippen molar-refractivity contribution in [2.24, 2.45) is 0 Å². The molecule has 3 heteroatoms. The Labute approximate surface area is 90.9 Å². The van der Waals surface area contributed by atoms with Gasteiger partial charge in [0.1, 0.15) is 0 Å². The lowest BCUT2D eigenvalue weighted by Crippen LogP contribution is -2.32. The zero-order valence-electron chi connectivity index (χ0n) is 9.15. The molecule has 1 aromatic heterocycles. The number of aromatic nitrogens is 2. The molecule has 2 aliphatic rings. The monoisotopic (exact) mass is 205 g/mol. The molecule has 0 bridgehead atoms. The van der Waals surface area contributed by atoms with Crippen LogP contribution in [0.4, 0.5) is 0 Å². The lowest BCUT2D eigenvalue weighted by Gasteiger charge is -2.29. The first-order valence-electron chi connectivity index (χ1n) is 6.20. The van der Waals surface area contributed by atoms with Gasteiger partial charge in [-0.3, -0.25) is 10.00 Å². The molecule has 15 heavy (non-hydrogen) atoms. The Hall–Kier alpha value is -0.830. The summed E-state index contributed by atoms with van der Waals surface area (Å²) in [6.45, 7) is 1.29. The second kappa shape index (κ2) is 3.97. The molecule has 1 saturated heterocycles. The summed E-state index contributed by atoms with van der Waals surface area (Å²) < 4.78 is 0. The largest absolute Gasteiger partial charge is 0.292 e. The van der Waals surface area contributed by atoms with Crippen molar-refractivity contribution >= 4 is 0 Å². The topological polar surface area (TPSA) is 31.9 Å². The van der Waals surface area contributed by atoms with Gasteiger partial charge in [0.2, 0.25) is 0 Å². The van der Waals surface area contributed by atoms with Crippen molar-refractivity contribution in [1.82, 2.24) is 15.1 Å². The zero-order valence-corrected chi connectivity index (χ0v) is 9.15. The van der Waals surface area contributed by atoms with Crippen LogP contribution in [-0.2, 0) is 0 Å². The highest BCUT2D eigenvalue weighted by Gasteiger charge is 2.33. The molecule has 0 radical (unpaired) electrons. The van der Waals surface area contributed by atoms with Crippen LogP contribution in [0, 0.1) is 0 Å². The Morgan fingerprint density at radius 2 is 2.07 bits per heavy atom. The maximum absolute atomic E-state index is 4.08. The van der Waals surface area contributed by atoms with Crippen LogP contribution in [0.25, 0.3) is 0 Å². The molecule has 1 N–H and O–H groups in total. The fourth-order valence-corrected chi connectivity index (χ4v) is 3.25. The van der Waals surface area contributed by atoms with E-state index in [1.165, 1.54) is 50.8 Å². The standard InChI is InChI=1S/C12H19N3/c1-2-5-10(4-1)15-9-3-6-12(15)11-7-8-13-14-11/h7-8,10,12H,1-6,9H2,(H,13,14). The second-order valence-electron chi connectivity index (χ2n) is 4.85. The average molecular weight is 205 g/mol. The first-order chi connectivity index (χ1) is 7.45. The van der Waals surface area contributed by atoms with Crippen LogP contribution in [0.1, 0.15) is 50.3 Å². The van der Waals surface area contributed by atoms with Gasteiger partial charge in [-0.05, 0) is 38.3 Å². The van der Waals surface area contributed by atoms with Crippen LogP contribution in [0.5, 0.6) is 0 Å². The number of aromatic amines is 1. The molecule has 2 heterocycles. The number of nitrogens with zero attached hydrogens (tertiary/aromatic N) is 2. The van der Waals surface area contributed by atoms with Crippen LogP contribution < -0.4 is 0 Å². The maximum atomic E-state index is 4.08. The van der Waals surface area contributed by atoms with E-state index >= 15 is 0 Å². The Morgan fingerprint density at radius 3 is 2.80 bits per heavy atom. The minimum Gasteiger partial charge on any atom is -0.292 e. The van der Waals surface area contributed by atoms with E-state index in [4.69, 9.17) is 0 Å². The van der Waals surface area contributed by atoms with Crippen LogP contribution in [0.3, 0.4) is 0 Å². The highest BCUT2D eigenvalue weighted by atomic mass is 15.2. The molecule has 0 spiro atoms. The van der Waals surface area contributed by atoms with Gasteiger partial charge in [0.05, 0.1) is 11.7 Å². The van der Waals surface area contributed by atoms with Crippen molar-refractivity contribution in [2.45, 2.75) is 50.6 Å². The van der Waals surface area contributed by atoms with Crippen LogP contribution in [0.15, 0.2) is 12.3 Å². The Morgan fingerprint density at radius 1 is 1.20 bits per heavy atom. The summed E-state index contributed by atoms with van der Waals surface area (Å²) in [5, 5.41) is 7.22. The molecule has 1 aliphatic carbocycles. The van der Waals surface area contributed by atoms with E-state index in [9.17, 15) is 0 Å². The summed E-state index contributed by atoms with van der Waals surface area (Å²) in [4.78, 5) is 2.71. The third-order valence-electron chi connectivity index (χ3n) is 3.97. The lowest BCUT2D eigenvalue weighted by molar-refractivity contribution is 0.180. The van der Waals surface area contributed by atoms with E-state index in [2.05, 4.69) is 21.2 Å². The van der Waals surface area contributed by atoms with Gasteiger partial charge in [0.25, 0.3) is 0 Å². The van der Waals surface area contributed by atoms with Gasteiger partial charge < -0.3 is 0 Å². The minimum atomic E-state index is 0.621. The highest BCUT2D eigenvalue weighted by molar-refractivity contribution is 5.08. The number of H-pyrrole nitrogens is 1. The average Bonchev–Trinajstić information content (AvgIpc) is 3.01. The Balaban J connectivity index is 1.77. The third kappa shape index (κ3) is 1.69. The third-order valence-corrected chi connectivity index (χ3v) is 3.97. The lowest BCUT2D eigenvalue weighted by atomic mass is 10.1. The SMILES string of the molecule is c1cc(C2CCCN2C2CCCC2)[nH]n1. The highest BCUT2D eigenvalue weighted by Crippen LogP contribution is 2.37. The normalized spacial score (nSPS) is 28.9. The van der Waals surface area contributed by atoms with Crippen LogP contribution in [-0.4, -0.2) is 27.7 Å². The van der Waals surface area contributed by atoms with Crippen molar-refractivity contribution in [3.63, 3.8) is 0 Å². The summed E-state index contributed by atoms with van der Waals surface area (Å²) in [5.41, 5.74) is 1.32. The maximum Gasteiger partial charge on any atom is 0.0523 e. The molecule has 82 valence electrons. The fraction of sp³-hybridized carbons (Fsp3) is 0.750. The molecule has 3 nitrogen and oxygen atoms in total. The molecule has 2 fully saturated rings. The van der Waals surface area contributed by atoms with E-state index in [0.29, 0.717) is 6.04 Å². The summed E-state index contributed by atoms with van der Waals surface area (Å²) >= 11 is 0. The van der Waals surface area contributed by atoms with Gasteiger partial charge in [-0.15, -0.1) is 0 Å². The number of hydrogen-bond acceptors (Lipinski definition) is 2. The van der Waals surface area contributed by atoms with E-state index in [0.717, 1.165) is 6.04 Å². The number of nitrogens with one attached hydrogen (secondary N) is 1. The summed E-state index contributed by atoms with van der Waals surface area (Å²) in [6.07, 6.45) is 10.2. The predicted molar refractivity (Wildman–Crippen MR) is 59.5 cm³/mol. The number of rotatable bonds is 2. The van der Waals surface area contributed by atoms with Crippen LogP contribution >= 0.6 is 0 Å². The van der Waals surface area contributed by atoms with E-state index < -0.39 is 0 Å². The molecule has 1 saturated carbocycles.